The lowest BCUT2D eigenvalue weighted by Crippen LogP contribution is -2.21. The molecule has 0 saturated heterocycles. The number of anilines is 1. The molecule has 2 N–H and O–H groups in total. The van der Waals surface area contributed by atoms with Gasteiger partial charge in [-0.05, 0) is 31.4 Å². The van der Waals surface area contributed by atoms with Crippen LogP contribution < -0.4 is 5.73 Å². The summed E-state index contributed by atoms with van der Waals surface area (Å²) in [6.07, 6.45) is -0.104. The zero-order valence-electron chi connectivity index (χ0n) is 10.3. The Labute approximate surface area is 96.6 Å². The summed E-state index contributed by atoms with van der Waals surface area (Å²) in [5.74, 6) is -0.0441. The van der Waals surface area contributed by atoms with Gasteiger partial charge in [0.2, 0.25) is 0 Å². The number of aryl methyl sites for hydroxylation is 1. The fourth-order valence-electron chi connectivity index (χ4n) is 1.23. The lowest BCUT2D eigenvalue weighted by Gasteiger charge is -2.17. The van der Waals surface area contributed by atoms with E-state index in [1.165, 1.54) is 0 Å². The van der Waals surface area contributed by atoms with Crippen LogP contribution in [0.2, 0.25) is 0 Å². The molecule has 1 aromatic carbocycles. The van der Waals surface area contributed by atoms with E-state index in [4.69, 9.17) is 10.5 Å². The molecule has 0 aliphatic carbocycles. The molecule has 1 unspecified atom stereocenters. The second-order valence-electron chi connectivity index (χ2n) is 4.39. The van der Waals surface area contributed by atoms with Crippen molar-refractivity contribution in [1.29, 1.82) is 0 Å². The Kier molecular flexibility index (Phi) is 3.93. The highest BCUT2D eigenvalue weighted by molar-refractivity contribution is 5.95. The normalized spacial score (nSPS) is 12.6. The molecule has 0 aliphatic heterocycles. The fourth-order valence-corrected chi connectivity index (χ4v) is 1.23. The number of nitrogens with two attached hydrogens (primary N) is 1. The number of benzene rings is 1. The van der Waals surface area contributed by atoms with Crippen molar-refractivity contribution in [2.75, 3.05) is 5.73 Å². The lowest BCUT2D eigenvalue weighted by atomic mass is 10.1. The zero-order valence-corrected chi connectivity index (χ0v) is 10.3. The van der Waals surface area contributed by atoms with E-state index in [-0.39, 0.29) is 12.1 Å². The predicted molar refractivity (Wildman–Crippen MR) is 65.3 cm³/mol. The summed E-state index contributed by atoms with van der Waals surface area (Å²) in [4.78, 5) is 11.8. The van der Waals surface area contributed by atoms with Crippen LogP contribution in [-0.4, -0.2) is 12.1 Å². The van der Waals surface area contributed by atoms with E-state index in [1.807, 2.05) is 39.8 Å². The topological polar surface area (TPSA) is 52.3 Å². The summed E-state index contributed by atoms with van der Waals surface area (Å²) in [7, 11) is 0. The number of rotatable bonds is 3. The minimum Gasteiger partial charge on any atom is -0.459 e. The standard InChI is InChI=1S/C13H19NO2/c1-8(2)10(4)16-13(15)11-7-5-6-9(3)12(11)14/h5-8,10H,14H2,1-4H3. The van der Waals surface area contributed by atoms with Gasteiger partial charge in [-0.15, -0.1) is 0 Å². The van der Waals surface area contributed by atoms with Crippen LogP contribution in [0, 0.1) is 12.8 Å². The van der Waals surface area contributed by atoms with Crippen LogP contribution in [0.4, 0.5) is 5.69 Å². The molecular formula is C13H19NO2. The van der Waals surface area contributed by atoms with Crippen molar-refractivity contribution in [1.82, 2.24) is 0 Å². The molecule has 0 bridgehead atoms. The Bertz CT molecular complexity index is 386. The maximum absolute atomic E-state index is 11.8. The average molecular weight is 221 g/mol. The average Bonchev–Trinajstić information content (AvgIpc) is 2.21. The maximum Gasteiger partial charge on any atom is 0.340 e. The minimum atomic E-state index is -0.345. The molecule has 16 heavy (non-hydrogen) atoms. The summed E-state index contributed by atoms with van der Waals surface area (Å²) in [5.41, 5.74) is 7.68. The van der Waals surface area contributed by atoms with Gasteiger partial charge in [0.25, 0.3) is 0 Å². The summed E-state index contributed by atoms with van der Waals surface area (Å²) >= 11 is 0. The second kappa shape index (κ2) is 5.01. The van der Waals surface area contributed by atoms with Crippen LogP contribution in [0.15, 0.2) is 18.2 Å². The Morgan fingerprint density at radius 2 is 1.94 bits per heavy atom. The van der Waals surface area contributed by atoms with Crippen LogP contribution in [-0.2, 0) is 4.74 Å². The number of ether oxygens (including phenoxy) is 1. The first kappa shape index (κ1) is 12.6. The van der Waals surface area contributed by atoms with E-state index in [0.29, 0.717) is 17.2 Å². The third kappa shape index (κ3) is 2.75. The van der Waals surface area contributed by atoms with Crippen LogP contribution >= 0.6 is 0 Å². The Morgan fingerprint density at radius 3 is 2.50 bits per heavy atom. The minimum absolute atomic E-state index is 0.104. The van der Waals surface area contributed by atoms with E-state index >= 15 is 0 Å². The van der Waals surface area contributed by atoms with Gasteiger partial charge in [-0.3, -0.25) is 0 Å². The Balaban J connectivity index is 2.85. The van der Waals surface area contributed by atoms with Gasteiger partial charge in [-0.25, -0.2) is 4.79 Å². The highest BCUT2D eigenvalue weighted by Crippen LogP contribution is 2.19. The molecule has 0 aliphatic rings. The third-order valence-corrected chi connectivity index (χ3v) is 2.78. The molecular weight excluding hydrogens is 202 g/mol. The number of carbonyl (C=O) groups is 1. The number of para-hydroxylation sites is 1. The Morgan fingerprint density at radius 1 is 1.31 bits per heavy atom. The number of carbonyl (C=O) groups excluding carboxylic acids is 1. The van der Waals surface area contributed by atoms with Crippen molar-refractivity contribution in [3.05, 3.63) is 29.3 Å². The molecule has 1 aromatic rings. The molecule has 3 heteroatoms. The van der Waals surface area contributed by atoms with E-state index < -0.39 is 0 Å². The largest absolute Gasteiger partial charge is 0.459 e. The molecule has 0 radical (unpaired) electrons. The number of hydrogen-bond acceptors (Lipinski definition) is 3. The smallest absolute Gasteiger partial charge is 0.340 e. The quantitative estimate of drug-likeness (QED) is 0.630. The highest BCUT2D eigenvalue weighted by atomic mass is 16.5. The molecule has 0 aromatic heterocycles. The number of nitrogen functional groups attached to an aromatic ring is 1. The van der Waals surface area contributed by atoms with Crippen molar-refractivity contribution in [2.45, 2.75) is 33.8 Å². The SMILES string of the molecule is Cc1cccc(C(=O)OC(C)C(C)C)c1N. The fraction of sp³-hybridized carbons (Fsp3) is 0.462. The van der Waals surface area contributed by atoms with Gasteiger partial charge < -0.3 is 10.5 Å². The predicted octanol–water partition coefficient (Wildman–Crippen LogP) is 2.78. The molecule has 3 nitrogen and oxygen atoms in total. The monoisotopic (exact) mass is 221 g/mol. The van der Waals surface area contributed by atoms with Crippen LogP contribution in [0.3, 0.4) is 0 Å². The molecule has 0 heterocycles. The highest BCUT2D eigenvalue weighted by Gasteiger charge is 2.17. The zero-order chi connectivity index (χ0) is 12.3. The third-order valence-electron chi connectivity index (χ3n) is 2.78. The van der Waals surface area contributed by atoms with Crippen LogP contribution in [0.5, 0.6) is 0 Å². The van der Waals surface area contributed by atoms with Crippen molar-refractivity contribution in [3.63, 3.8) is 0 Å². The van der Waals surface area contributed by atoms with Gasteiger partial charge in [0, 0.05) is 5.69 Å². The molecule has 0 spiro atoms. The van der Waals surface area contributed by atoms with Crippen LogP contribution in [0.1, 0.15) is 36.7 Å². The van der Waals surface area contributed by atoms with Gasteiger partial charge in [0.15, 0.2) is 0 Å². The molecule has 0 amide bonds. The first-order valence-corrected chi connectivity index (χ1v) is 5.49. The maximum atomic E-state index is 11.8. The van der Waals surface area contributed by atoms with Gasteiger partial charge in [0.05, 0.1) is 5.56 Å². The van der Waals surface area contributed by atoms with Gasteiger partial charge in [-0.2, -0.15) is 0 Å². The van der Waals surface area contributed by atoms with Gasteiger partial charge in [0.1, 0.15) is 6.10 Å². The summed E-state index contributed by atoms with van der Waals surface area (Å²) in [6, 6.07) is 5.37. The summed E-state index contributed by atoms with van der Waals surface area (Å²) < 4.78 is 5.31. The molecule has 1 rings (SSSR count). The molecule has 1 atom stereocenters. The summed E-state index contributed by atoms with van der Waals surface area (Å²) in [5, 5.41) is 0. The van der Waals surface area contributed by atoms with Gasteiger partial charge >= 0.3 is 5.97 Å². The van der Waals surface area contributed by atoms with Gasteiger partial charge in [-0.1, -0.05) is 26.0 Å². The lowest BCUT2D eigenvalue weighted by molar-refractivity contribution is 0.0239. The van der Waals surface area contributed by atoms with Crippen molar-refractivity contribution in [3.8, 4) is 0 Å². The Hall–Kier alpha value is -1.51. The first-order chi connectivity index (χ1) is 7.43. The molecule has 88 valence electrons. The van der Waals surface area contributed by atoms with E-state index in [1.54, 1.807) is 6.07 Å². The van der Waals surface area contributed by atoms with E-state index in [0.717, 1.165) is 5.56 Å². The number of hydrogen-bond donors (Lipinski definition) is 1. The van der Waals surface area contributed by atoms with Crippen molar-refractivity contribution >= 4 is 11.7 Å². The van der Waals surface area contributed by atoms with E-state index in [9.17, 15) is 4.79 Å². The second-order valence-corrected chi connectivity index (χ2v) is 4.39. The first-order valence-electron chi connectivity index (χ1n) is 5.49. The van der Waals surface area contributed by atoms with E-state index in [2.05, 4.69) is 0 Å². The summed E-state index contributed by atoms with van der Waals surface area (Å²) in [6.45, 7) is 7.78. The molecule has 0 saturated carbocycles. The van der Waals surface area contributed by atoms with Crippen LogP contribution in [0.25, 0.3) is 0 Å². The van der Waals surface area contributed by atoms with Crippen molar-refractivity contribution < 1.29 is 9.53 Å². The molecule has 0 fully saturated rings. The van der Waals surface area contributed by atoms with Crippen molar-refractivity contribution in [2.24, 2.45) is 5.92 Å². The number of esters is 1.